The number of fused-ring (bicyclic) bond motifs is 1. The molecule has 0 N–H and O–H groups in total. The first-order valence-electron chi connectivity index (χ1n) is 3.89. The largest absolute Gasteiger partial charge is 0.369 e. The lowest BCUT2D eigenvalue weighted by Gasteiger charge is -2.20. The normalized spacial score (nSPS) is 38.2. The van der Waals surface area contributed by atoms with E-state index in [2.05, 4.69) is 11.0 Å². The molecule has 0 spiro atoms. The molecule has 1 saturated heterocycles. The van der Waals surface area contributed by atoms with Gasteiger partial charge in [0.1, 0.15) is 6.17 Å². The van der Waals surface area contributed by atoms with E-state index >= 15 is 0 Å². The van der Waals surface area contributed by atoms with Gasteiger partial charge in [-0.2, -0.15) is 0 Å². The van der Waals surface area contributed by atoms with Gasteiger partial charge >= 0.3 is 0 Å². The van der Waals surface area contributed by atoms with Crippen molar-refractivity contribution in [3.05, 3.63) is 11.8 Å². The van der Waals surface area contributed by atoms with Crippen LogP contribution in [0.25, 0.3) is 0 Å². The summed E-state index contributed by atoms with van der Waals surface area (Å²) in [6.45, 7) is 3.01. The molecule has 10 heavy (non-hydrogen) atoms. The Bertz CT molecular complexity index is 176. The molecule has 2 aliphatic rings. The molecule has 2 atom stereocenters. The van der Waals surface area contributed by atoms with E-state index in [1.807, 2.05) is 6.92 Å². The Morgan fingerprint density at radius 3 is 3.20 bits per heavy atom. The van der Waals surface area contributed by atoms with Crippen molar-refractivity contribution in [3.8, 4) is 0 Å². The van der Waals surface area contributed by atoms with Crippen LogP contribution in [0.1, 0.15) is 19.8 Å². The second kappa shape index (κ2) is 1.97. The summed E-state index contributed by atoms with van der Waals surface area (Å²) in [7, 11) is 0. The molecule has 56 valence electrons. The van der Waals surface area contributed by atoms with Crippen LogP contribution in [0.3, 0.4) is 0 Å². The van der Waals surface area contributed by atoms with E-state index in [1.54, 1.807) is 0 Å². The summed E-state index contributed by atoms with van der Waals surface area (Å²) in [5.74, 6) is 0. The monoisotopic (exact) mass is 141 g/mol. The SMILES string of the molecule is C[C@@H]1[C@H](F)CC2=CCCN21. The second-order valence-electron chi connectivity index (χ2n) is 3.14. The maximum absolute atomic E-state index is 13.0. The maximum Gasteiger partial charge on any atom is 0.125 e. The van der Waals surface area contributed by atoms with Gasteiger partial charge in [0.05, 0.1) is 6.04 Å². The van der Waals surface area contributed by atoms with Crippen molar-refractivity contribution in [2.75, 3.05) is 6.54 Å². The number of allylic oxidation sites excluding steroid dienone is 1. The van der Waals surface area contributed by atoms with Crippen LogP contribution in [0.4, 0.5) is 4.39 Å². The average Bonchev–Trinajstić information content (AvgIpc) is 2.41. The molecule has 1 nitrogen and oxygen atoms in total. The summed E-state index contributed by atoms with van der Waals surface area (Å²) in [6, 6.07) is 0.133. The lowest BCUT2D eigenvalue weighted by atomic mass is 10.2. The van der Waals surface area contributed by atoms with Crippen LogP contribution >= 0.6 is 0 Å². The van der Waals surface area contributed by atoms with Gasteiger partial charge in [-0.05, 0) is 13.3 Å². The first-order chi connectivity index (χ1) is 4.79. The topological polar surface area (TPSA) is 3.24 Å². The Morgan fingerprint density at radius 1 is 1.70 bits per heavy atom. The van der Waals surface area contributed by atoms with E-state index in [4.69, 9.17) is 0 Å². The third-order valence-corrected chi connectivity index (χ3v) is 2.54. The lowest BCUT2D eigenvalue weighted by molar-refractivity contribution is 0.230. The molecule has 0 radical (unpaired) electrons. The van der Waals surface area contributed by atoms with Gasteiger partial charge < -0.3 is 4.90 Å². The van der Waals surface area contributed by atoms with Crippen molar-refractivity contribution in [3.63, 3.8) is 0 Å². The highest BCUT2D eigenvalue weighted by atomic mass is 19.1. The average molecular weight is 141 g/mol. The van der Waals surface area contributed by atoms with Crippen molar-refractivity contribution in [2.45, 2.75) is 32.0 Å². The van der Waals surface area contributed by atoms with Crippen LogP contribution in [-0.2, 0) is 0 Å². The highest BCUT2D eigenvalue weighted by molar-refractivity contribution is 5.16. The first-order valence-corrected chi connectivity index (χ1v) is 3.89. The third-order valence-electron chi connectivity index (χ3n) is 2.54. The Morgan fingerprint density at radius 2 is 2.50 bits per heavy atom. The number of hydrogen-bond acceptors (Lipinski definition) is 1. The number of halogens is 1. The molecule has 1 fully saturated rings. The lowest BCUT2D eigenvalue weighted by Crippen LogP contribution is -2.28. The standard InChI is InChI=1S/C8H12FN/c1-6-8(9)5-7-3-2-4-10(6)7/h3,6,8H,2,4-5H2,1H3/t6-,8-/m1/s1. The number of nitrogens with zero attached hydrogens (tertiary/aromatic N) is 1. The maximum atomic E-state index is 13.0. The molecule has 0 amide bonds. The summed E-state index contributed by atoms with van der Waals surface area (Å²) in [4.78, 5) is 2.19. The fourth-order valence-electron chi connectivity index (χ4n) is 1.86. The molecule has 0 saturated carbocycles. The molecule has 0 aromatic carbocycles. The minimum atomic E-state index is -0.619. The zero-order valence-electron chi connectivity index (χ0n) is 6.18. The summed E-state index contributed by atoms with van der Waals surface area (Å²) in [5.41, 5.74) is 1.24. The van der Waals surface area contributed by atoms with Gasteiger partial charge in [0.25, 0.3) is 0 Å². The predicted octanol–water partition coefficient (Wildman–Crippen LogP) is 1.71. The molecule has 0 bridgehead atoms. The number of alkyl halides is 1. The van der Waals surface area contributed by atoms with E-state index in [-0.39, 0.29) is 6.04 Å². The van der Waals surface area contributed by atoms with Crippen molar-refractivity contribution in [2.24, 2.45) is 0 Å². The number of hydrogen-bond donors (Lipinski definition) is 0. The zero-order valence-corrected chi connectivity index (χ0v) is 6.18. The molecular weight excluding hydrogens is 129 g/mol. The van der Waals surface area contributed by atoms with Crippen LogP contribution < -0.4 is 0 Å². The highest BCUT2D eigenvalue weighted by Gasteiger charge is 2.35. The molecule has 0 unspecified atom stereocenters. The predicted molar refractivity (Wildman–Crippen MR) is 38.4 cm³/mol. The minimum Gasteiger partial charge on any atom is -0.369 e. The smallest absolute Gasteiger partial charge is 0.125 e. The molecule has 2 rings (SSSR count). The molecule has 2 heterocycles. The quantitative estimate of drug-likeness (QED) is 0.496. The summed E-state index contributed by atoms with van der Waals surface area (Å²) < 4.78 is 13.0. The van der Waals surface area contributed by atoms with E-state index < -0.39 is 6.17 Å². The van der Waals surface area contributed by atoms with Gasteiger partial charge in [-0.3, -0.25) is 0 Å². The van der Waals surface area contributed by atoms with Gasteiger partial charge in [0, 0.05) is 18.7 Å². The molecule has 0 aliphatic carbocycles. The molecular formula is C8H12FN. The molecule has 2 aliphatic heterocycles. The van der Waals surface area contributed by atoms with Gasteiger partial charge in [-0.1, -0.05) is 6.08 Å². The molecule has 0 aromatic rings. The van der Waals surface area contributed by atoms with Gasteiger partial charge in [0.2, 0.25) is 0 Å². The molecule has 0 aromatic heterocycles. The Kier molecular flexibility index (Phi) is 1.22. The van der Waals surface area contributed by atoms with Crippen LogP contribution in [-0.4, -0.2) is 23.7 Å². The van der Waals surface area contributed by atoms with E-state index in [0.717, 1.165) is 13.0 Å². The van der Waals surface area contributed by atoms with E-state index in [0.29, 0.717) is 6.42 Å². The Hall–Kier alpha value is -0.530. The first kappa shape index (κ1) is 6.20. The number of rotatable bonds is 0. The fraction of sp³-hybridized carbons (Fsp3) is 0.750. The Balaban J connectivity index is 2.21. The van der Waals surface area contributed by atoms with Crippen molar-refractivity contribution >= 4 is 0 Å². The van der Waals surface area contributed by atoms with Crippen molar-refractivity contribution in [1.29, 1.82) is 0 Å². The van der Waals surface area contributed by atoms with Gasteiger partial charge in [-0.25, -0.2) is 4.39 Å². The third kappa shape index (κ3) is 0.678. The van der Waals surface area contributed by atoms with Crippen LogP contribution in [0.15, 0.2) is 11.8 Å². The van der Waals surface area contributed by atoms with Crippen LogP contribution in [0, 0.1) is 0 Å². The summed E-state index contributed by atoms with van der Waals surface area (Å²) >= 11 is 0. The summed E-state index contributed by atoms with van der Waals surface area (Å²) in [5, 5.41) is 0. The summed E-state index contributed by atoms with van der Waals surface area (Å²) in [6.07, 6.45) is 3.32. The van der Waals surface area contributed by atoms with E-state index in [9.17, 15) is 4.39 Å². The van der Waals surface area contributed by atoms with E-state index in [1.165, 1.54) is 5.70 Å². The van der Waals surface area contributed by atoms with Gasteiger partial charge in [0.15, 0.2) is 0 Å². The fourth-order valence-corrected chi connectivity index (χ4v) is 1.86. The molecule has 2 heteroatoms. The Labute approximate surface area is 60.5 Å². The van der Waals surface area contributed by atoms with Crippen molar-refractivity contribution < 1.29 is 4.39 Å². The minimum absolute atomic E-state index is 0.133. The zero-order chi connectivity index (χ0) is 7.14. The van der Waals surface area contributed by atoms with Crippen LogP contribution in [0.5, 0.6) is 0 Å². The highest BCUT2D eigenvalue weighted by Crippen LogP contribution is 2.33. The second-order valence-corrected chi connectivity index (χ2v) is 3.14. The van der Waals surface area contributed by atoms with Crippen LogP contribution in [0.2, 0.25) is 0 Å². The van der Waals surface area contributed by atoms with Gasteiger partial charge in [-0.15, -0.1) is 0 Å². The van der Waals surface area contributed by atoms with Crippen molar-refractivity contribution in [1.82, 2.24) is 4.90 Å².